The van der Waals surface area contributed by atoms with Crippen LogP contribution in [0.1, 0.15) is 41.0 Å². The fourth-order valence-corrected chi connectivity index (χ4v) is 0.204. The Morgan fingerprint density at radius 3 is 1.75 bits per heavy atom. The zero-order chi connectivity index (χ0) is 6.99. The van der Waals surface area contributed by atoms with Crippen LogP contribution in [0.2, 0.25) is 0 Å². The minimum Gasteiger partial charge on any atom is -0.0887 e. The Labute approximate surface area is 53.6 Å². The van der Waals surface area contributed by atoms with Crippen LogP contribution < -0.4 is 0 Å². The first-order valence-corrected chi connectivity index (χ1v) is 3.43. The van der Waals surface area contributed by atoms with Gasteiger partial charge in [-0.15, -0.1) is 0 Å². The van der Waals surface area contributed by atoms with Crippen molar-refractivity contribution < 1.29 is 0 Å². The van der Waals surface area contributed by atoms with Crippen molar-refractivity contribution in [2.24, 2.45) is 0 Å². The summed E-state index contributed by atoms with van der Waals surface area (Å²) in [6, 6.07) is 0. The van der Waals surface area contributed by atoms with Crippen LogP contribution in [0, 0.1) is 0 Å². The molecule has 0 bridgehead atoms. The molecule has 0 saturated heterocycles. The van der Waals surface area contributed by atoms with Crippen LogP contribution in [0.5, 0.6) is 0 Å². The molecular weight excluding hydrogens is 96.1 g/mol. The quantitative estimate of drug-likeness (QED) is 0.458. The van der Waals surface area contributed by atoms with Crippen molar-refractivity contribution in [3.63, 3.8) is 0 Å². The Hall–Kier alpha value is -0.260. The van der Waals surface area contributed by atoms with E-state index in [9.17, 15) is 0 Å². The first kappa shape index (κ1) is 10.7. The van der Waals surface area contributed by atoms with Gasteiger partial charge >= 0.3 is 0 Å². The lowest BCUT2D eigenvalue weighted by Gasteiger charge is -1.85. The van der Waals surface area contributed by atoms with E-state index in [1.54, 1.807) is 0 Å². The molecular formula is C8H18. The fraction of sp³-hybridized carbons (Fsp3) is 0.750. The van der Waals surface area contributed by atoms with Crippen LogP contribution in [0.25, 0.3) is 0 Å². The Morgan fingerprint density at radius 1 is 1.38 bits per heavy atom. The lowest BCUT2D eigenvalue weighted by Crippen LogP contribution is -1.63. The summed E-state index contributed by atoms with van der Waals surface area (Å²) in [6.07, 6.45) is 3.33. The molecule has 0 amide bonds. The molecule has 0 aromatic rings. The minimum absolute atomic E-state index is 1.19. The average Bonchev–Trinajstić information content (AvgIpc) is 1.91. The Morgan fingerprint density at radius 2 is 1.75 bits per heavy atom. The fourth-order valence-electron chi connectivity index (χ4n) is 0.204. The molecule has 0 spiro atoms. The van der Waals surface area contributed by atoms with Gasteiger partial charge in [0.05, 0.1) is 0 Å². The normalized spacial score (nSPS) is 9.88. The molecule has 0 aliphatic rings. The van der Waals surface area contributed by atoms with Crippen LogP contribution in [-0.2, 0) is 0 Å². The molecule has 0 radical (unpaired) electrons. The summed E-state index contributed by atoms with van der Waals surface area (Å²) in [7, 11) is 0. The standard InChI is InChI=1S/C6H12.C2H6/c1-4-6(3)5-2;1-2/h4H,5H2,1-3H3;1-2H3/b6-4-;. The molecule has 0 aliphatic heterocycles. The highest BCUT2D eigenvalue weighted by Gasteiger charge is 1.73. The molecule has 0 aromatic carbocycles. The van der Waals surface area contributed by atoms with Gasteiger partial charge in [0, 0.05) is 0 Å². The molecule has 0 N–H and O–H groups in total. The smallest absolute Gasteiger partial charge is 0.0352 e. The van der Waals surface area contributed by atoms with E-state index in [1.807, 2.05) is 13.8 Å². The Balaban J connectivity index is 0. The summed E-state index contributed by atoms with van der Waals surface area (Å²) in [6.45, 7) is 10.4. The highest BCUT2D eigenvalue weighted by atomic mass is 13.8. The predicted molar refractivity (Wildman–Crippen MR) is 41.1 cm³/mol. The summed E-state index contributed by atoms with van der Waals surface area (Å²) in [4.78, 5) is 0. The second-order valence-electron chi connectivity index (χ2n) is 1.49. The van der Waals surface area contributed by atoms with Crippen molar-refractivity contribution in [1.29, 1.82) is 0 Å². The first-order chi connectivity index (χ1) is 3.81. The van der Waals surface area contributed by atoms with Gasteiger partial charge < -0.3 is 0 Å². The lowest BCUT2D eigenvalue weighted by molar-refractivity contribution is 1.09. The molecule has 0 atom stereocenters. The lowest BCUT2D eigenvalue weighted by atomic mass is 10.2. The number of hydrogen-bond donors (Lipinski definition) is 0. The third-order valence-electron chi connectivity index (χ3n) is 1.05. The molecule has 0 heteroatoms. The summed E-state index contributed by atoms with van der Waals surface area (Å²) in [5.41, 5.74) is 1.47. The van der Waals surface area contributed by atoms with Crippen molar-refractivity contribution in [3.05, 3.63) is 11.6 Å². The first-order valence-electron chi connectivity index (χ1n) is 3.43. The highest BCUT2D eigenvalue weighted by Crippen LogP contribution is 1.94. The van der Waals surface area contributed by atoms with Crippen LogP contribution in [0.4, 0.5) is 0 Å². The highest BCUT2D eigenvalue weighted by molar-refractivity contribution is 4.93. The molecule has 0 rings (SSSR count). The van der Waals surface area contributed by atoms with Crippen LogP contribution in [0.3, 0.4) is 0 Å². The van der Waals surface area contributed by atoms with Gasteiger partial charge in [-0.2, -0.15) is 0 Å². The van der Waals surface area contributed by atoms with Crippen molar-refractivity contribution in [1.82, 2.24) is 0 Å². The van der Waals surface area contributed by atoms with Gasteiger partial charge in [0.25, 0.3) is 0 Å². The van der Waals surface area contributed by atoms with Gasteiger partial charge in [-0.05, 0) is 20.3 Å². The maximum absolute atomic E-state index is 2.16. The minimum atomic E-state index is 1.19. The molecule has 0 aliphatic carbocycles. The third kappa shape index (κ3) is 9.22. The molecule has 0 saturated carbocycles. The zero-order valence-corrected chi connectivity index (χ0v) is 6.78. The molecule has 0 heterocycles. The summed E-state index contributed by atoms with van der Waals surface area (Å²) in [5, 5.41) is 0. The SMILES string of the molecule is C/C=C(/C)CC.CC. The molecule has 0 fully saturated rings. The van der Waals surface area contributed by atoms with Gasteiger partial charge in [-0.25, -0.2) is 0 Å². The van der Waals surface area contributed by atoms with Gasteiger partial charge in [0.1, 0.15) is 0 Å². The van der Waals surface area contributed by atoms with Crippen molar-refractivity contribution in [2.45, 2.75) is 41.0 Å². The maximum atomic E-state index is 2.16. The van der Waals surface area contributed by atoms with Crippen LogP contribution >= 0.6 is 0 Å². The maximum Gasteiger partial charge on any atom is -0.0352 e. The van der Waals surface area contributed by atoms with Crippen molar-refractivity contribution in [3.8, 4) is 0 Å². The zero-order valence-electron chi connectivity index (χ0n) is 6.78. The summed E-state index contributed by atoms with van der Waals surface area (Å²) >= 11 is 0. The average molecular weight is 114 g/mol. The second-order valence-corrected chi connectivity index (χ2v) is 1.49. The number of rotatable bonds is 1. The molecule has 8 heavy (non-hydrogen) atoms. The Bertz CT molecular complexity index is 51.1. The van der Waals surface area contributed by atoms with Crippen LogP contribution in [0.15, 0.2) is 11.6 Å². The van der Waals surface area contributed by atoms with Crippen LogP contribution in [-0.4, -0.2) is 0 Å². The monoisotopic (exact) mass is 114 g/mol. The van der Waals surface area contributed by atoms with Crippen molar-refractivity contribution in [2.75, 3.05) is 0 Å². The van der Waals surface area contributed by atoms with Gasteiger partial charge in [0.2, 0.25) is 0 Å². The van der Waals surface area contributed by atoms with E-state index in [-0.39, 0.29) is 0 Å². The Kier molecular flexibility index (Phi) is 13.2. The van der Waals surface area contributed by atoms with E-state index in [1.165, 1.54) is 12.0 Å². The van der Waals surface area contributed by atoms with Crippen molar-refractivity contribution >= 4 is 0 Å². The summed E-state index contributed by atoms with van der Waals surface area (Å²) in [5.74, 6) is 0. The third-order valence-corrected chi connectivity index (χ3v) is 1.05. The van der Waals surface area contributed by atoms with E-state index < -0.39 is 0 Å². The summed E-state index contributed by atoms with van der Waals surface area (Å²) < 4.78 is 0. The molecule has 0 nitrogen and oxygen atoms in total. The predicted octanol–water partition coefficient (Wildman–Crippen LogP) is 3.39. The van der Waals surface area contributed by atoms with E-state index in [0.29, 0.717) is 0 Å². The van der Waals surface area contributed by atoms with E-state index >= 15 is 0 Å². The molecule has 0 aromatic heterocycles. The second kappa shape index (κ2) is 9.88. The van der Waals surface area contributed by atoms with Gasteiger partial charge in [0.15, 0.2) is 0 Å². The van der Waals surface area contributed by atoms with E-state index in [2.05, 4.69) is 26.8 Å². The molecule has 50 valence electrons. The molecule has 0 unspecified atom stereocenters. The van der Waals surface area contributed by atoms with Gasteiger partial charge in [-0.3, -0.25) is 0 Å². The number of hydrogen-bond acceptors (Lipinski definition) is 0. The van der Waals surface area contributed by atoms with Gasteiger partial charge in [-0.1, -0.05) is 32.4 Å². The van der Waals surface area contributed by atoms with E-state index in [0.717, 1.165) is 0 Å². The topological polar surface area (TPSA) is 0 Å². The largest absolute Gasteiger partial charge is 0.0887 e. The van der Waals surface area contributed by atoms with E-state index in [4.69, 9.17) is 0 Å². The number of allylic oxidation sites excluding steroid dienone is 2.